The summed E-state index contributed by atoms with van der Waals surface area (Å²) in [7, 11) is 0. The Hall–Kier alpha value is -0.770. The molecule has 0 saturated carbocycles. The second-order valence-electron chi connectivity index (χ2n) is 5.89. The van der Waals surface area contributed by atoms with Crippen molar-refractivity contribution in [2.45, 2.75) is 39.7 Å². The lowest BCUT2D eigenvalue weighted by atomic mass is 9.94. The van der Waals surface area contributed by atoms with E-state index in [1.54, 1.807) is 12.1 Å². The summed E-state index contributed by atoms with van der Waals surface area (Å²) in [4.78, 5) is 12.1. The zero-order valence-corrected chi connectivity index (χ0v) is 14.3. The molecule has 3 nitrogen and oxygen atoms in total. The van der Waals surface area contributed by atoms with Crippen LogP contribution in [0, 0.1) is 11.8 Å². The van der Waals surface area contributed by atoms with E-state index < -0.39 is 0 Å². The highest BCUT2D eigenvalue weighted by molar-refractivity contribution is 6.35. The molecule has 0 bridgehead atoms. The smallest absolute Gasteiger partial charge is 0.220 e. The van der Waals surface area contributed by atoms with Gasteiger partial charge in [0.1, 0.15) is 0 Å². The summed E-state index contributed by atoms with van der Waals surface area (Å²) in [5.41, 5.74) is 6.60. The Morgan fingerprint density at radius 3 is 2.48 bits per heavy atom. The van der Waals surface area contributed by atoms with Crippen molar-refractivity contribution in [3.05, 3.63) is 33.8 Å². The molecule has 5 heteroatoms. The van der Waals surface area contributed by atoms with Crippen LogP contribution in [-0.2, 0) is 4.79 Å². The van der Waals surface area contributed by atoms with Gasteiger partial charge in [-0.2, -0.15) is 0 Å². The van der Waals surface area contributed by atoms with E-state index in [2.05, 4.69) is 19.2 Å². The van der Waals surface area contributed by atoms with Gasteiger partial charge in [0.15, 0.2) is 0 Å². The number of rotatable bonds is 7. The number of hydrogen-bond acceptors (Lipinski definition) is 2. The fourth-order valence-electron chi connectivity index (χ4n) is 2.42. The monoisotopic (exact) mass is 330 g/mol. The molecule has 0 aliphatic heterocycles. The molecule has 1 aromatic carbocycles. The van der Waals surface area contributed by atoms with E-state index in [1.807, 2.05) is 13.0 Å². The normalized spacial score (nSPS) is 14.0. The SMILES string of the molecule is CC(C)CC(CN)CC(=O)NC(C)c1ccc(Cl)cc1Cl. The quantitative estimate of drug-likeness (QED) is 0.787. The van der Waals surface area contributed by atoms with Crippen molar-refractivity contribution in [1.29, 1.82) is 0 Å². The summed E-state index contributed by atoms with van der Waals surface area (Å²) in [6, 6.07) is 5.14. The number of carbonyl (C=O) groups excluding carboxylic acids is 1. The molecule has 1 amide bonds. The average Bonchev–Trinajstić information content (AvgIpc) is 2.36. The largest absolute Gasteiger partial charge is 0.350 e. The van der Waals surface area contributed by atoms with Gasteiger partial charge in [-0.1, -0.05) is 43.1 Å². The van der Waals surface area contributed by atoms with Crippen LogP contribution >= 0.6 is 23.2 Å². The van der Waals surface area contributed by atoms with E-state index in [9.17, 15) is 4.79 Å². The van der Waals surface area contributed by atoms with E-state index in [-0.39, 0.29) is 17.9 Å². The van der Waals surface area contributed by atoms with Crippen LogP contribution in [0.5, 0.6) is 0 Å². The molecule has 0 aliphatic carbocycles. The van der Waals surface area contributed by atoms with E-state index in [0.717, 1.165) is 12.0 Å². The summed E-state index contributed by atoms with van der Waals surface area (Å²) in [5, 5.41) is 4.12. The van der Waals surface area contributed by atoms with Crippen LogP contribution < -0.4 is 11.1 Å². The first-order valence-corrected chi connectivity index (χ1v) is 8.03. The number of amides is 1. The molecule has 0 aromatic heterocycles. The maximum Gasteiger partial charge on any atom is 0.220 e. The molecule has 2 atom stereocenters. The van der Waals surface area contributed by atoms with Gasteiger partial charge in [-0.3, -0.25) is 4.79 Å². The first-order chi connectivity index (χ1) is 9.83. The second-order valence-corrected chi connectivity index (χ2v) is 6.73. The van der Waals surface area contributed by atoms with Crippen molar-refractivity contribution in [3.8, 4) is 0 Å². The highest BCUT2D eigenvalue weighted by Crippen LogP contribution is 2.26. The zero-order chi connectivity index (χ0) is 16.0. The van der Waals surface area contributed by atoms with Crippen LogP contribution in [0.1, 0.15) is 45.2 Å². The molecule has 1 rings (SSSR count). The van der Waals surface area contributed by atoms with Gasteiger partial charge in [-0.15, -0.1) is 0 Å². The number of nitrogens with one attached hydrogen (secondary N) is 1. The van der Waals surface area contributed by atoms with Crippen LogP contribution in [0.3, 0.4) is 0 Å². The second kappa shape index (κ2) is 8.62. The molecular weight excluding hydrogens is 307 g/mol. The molecule has 3 N–H and O–H groups in total. The first-order valence-electron chi connectivity index (χ1n) is 7.27. The van der Waals surface area contributed by atoms with Gasteiger partial charge >= 0.3 is 0 Å². The number of benzene rings is 1. The molecule has 0 saturated heterocycles. The topological polar surface area (TPSA) is 55.1 Å². The molecule has 0 spiro atoms. The van der Waals surface area contributed by atoms with Crippen LogP contribution in [0.4, 0.5) is 0 Å². The number of halogens is 2. The number of hydrogen-bond donors (Lipinski definition) is 2. The van der Waals surface area contributed by atoms with Crippen LogP contribution in [-0.4, -0.2) is 12.5 Å². The van der Waals surface area contributed by atoms with Crippen molar-refractivity contribution in [3.63, 3.8) is 0 Å². The lowest BCUT2D eigenvalue weighted by molar-refractivity contribution is -0.122. The van der Waals surface area contributed by atoms with Gasteiger partial charge in [-0.05, 0) is 49.4 Å². The molecular formula is C16H24Cl2N2O. The van der Waals surface area contributed by atoms with Crippen molar-refractivity contribution < 1.29 is 4.79 Å². The fraction of sp³-hybridized carbons (Fsp3) is 0.562. The summed E-state index contributed by atoms with van der Waals surface area (Å²) in [6.07, 6.45) is 1.41. The zero-order valence-electron chi connectivity index (χ0n) is 12.8. The molecule has 0 radical (unpaired) electrons. The van der Waals surface area contributed by atoms with E-state index in [0.29, 0.717) is 28.9 Å². The van der Waals surface area contributed by atoms with E-state index in [4.69, 9.17) is 28.9 Å². The number of nitrogens with two attached hydrogens (primary N) is 1. The van der Waals surface area contributed by atoms with Crippen molar-refractivity contribution in [2.75, 3.05) is 6.54 Å². The Balaban J connectivity index is 2.61. The Bertz CT molecular complexity index is 477. The maximum atomic E-state index is 12.1. The molecule has 0 fully saturated rings. The van der Waals surface area contributed by atoms with Crippen molar-refractivity contribution in [1.82, 2.24) is 5.32 Å². The van der Waals surface area contributed by atoms with Crippen molar-refractivity contribution >= 4 is 29.1 Å². The van der Waals surface area contributed by atoms with Crippen LogP contribution in [0.2, 0.25) is 10.0 Å². The van der Waals surface area contributed by atoms with Gasteiger partial charge in [0.05, 0.1) is 6.04 Å². The molecule has 2 unspecified atom stereocenters. The Labute approximate surface area is 137 Å². The fourth-order valence-corrected chi connectivity index (χ4v) is 2.99. The minimum absolute atomic E-state index is 0.00427. The van der Waals surface area contributed by atoms with Crippen LogP contribution in [0.25, 0.3) is 0 Å². The maximum absolute atomic E-state index is 12.1. The third-order valence-corrected chi connectivity index (χ3v) is 3.98. The molecule has 21 heavy (non-hydrogen) atoms. The average molecular weight is 331 g/mol. The predicted molar refractivity (Wildman–Crippen MR) is 89.6 cm³/mol. The van der Waals surface area contributed by atoms with Gasteiger partial charge in [0.2, 0.25) is 5.91 Å². The Kier molecular flexibility index (Phi) is 7.50. The van der Waals surface area contributed by atoms with Gasteiger partial charge in [0, 0.05) is 16.5 Å². The summed E-state index contributed by atoms with van der Waals surface area (Å²) in [6.45, 7) is 6.71. The molecule has 0 heterocycles. The lowest BCUT2D eigenvalue weighted by Gasteiger charge is -2.20. The summed E-state index contributed by atoms with van der Waals surface area (Å²) >= 11 is 12.0. The molecule has 0 aliphatic rings. The van der Waals surface area contributed by atoms with Crippen molar-refractivity contribution in [2.24, 2.45) is 17.6 Å². The molecule has 118 valence electrons. The lowest BCUT2D eigenvalue weighted by Crippen LogP contribution is -2.31. The standard InChI is InChI=1S/C16H24Cl2N2O/c1-10(2)6-12(9-19)7-16(21)20-11(3)14-5-4-13(17)8-15(14)18/h4-5,8,10-12H,6-7,9,19H2,1-3H3,(H,20,21). The number of carbonyl (C=O) groups is 1. The van der Waals surface area contributed by atoms with Gasteiger partial charge < -0.3 is 11.1 Å². The van der Waals surface area contributed by atoms with Gasteiger partial charge in [-0.25, -0.2) is 0 Å². The highest BCUT2D eigenvalue weighted by Gasteiger charge is 2.17. The Morgan fingerprint density at radius 1 is 1.29 bits per heavy atom. The minimum atomic E-state index is -0.153. The van der Waals surface area contributed by atoms with E-state index >= 15 is 0 Å². The van der Waals surface area contributed by atoms with E-state index in [1.165, 1.54) is 0 Å². The summed E-state index contributed by atoms with van der Waals surface area (Å²) in [5.74, 6) is 0.761. The highest BCUT2D eigenvalue weighted by atomic mass is 35.5. The first kappa shape index (κ1) is 18.3. The predicted octanol–water partition coefficient (Wildman–Crippen LogP) is 4.18. The van der Waals surface area contributed by atoms with Crippen LogP contribution in [0.15, 0.2) is 18.2 Å². The summed E-state index contributed by atoms with van der Waals surface area (Å²) < 4.78 is 0. The molecule has 1 aromatic rings. The Morgan fingerprint density at radius 2 is 1.95 bits per heavy atom. The third-order valence-electron chi connectivity index (χ3n) is 3.42. The van der Waals surface area contributed by atoms with Gasteiger partial charge in [0.25, 0.3) is 0 Å². The minimum Gasteiger partial charge on any atom is -0.350 e. The third kappa shape index (κ3) is 6.25.